The SMILES string of the molecule is CC(=O)c1ccccc1NC(=O)c1cccc(Br)c1C. The van der Waals surface area contributed by atoms with Crippen LogP contribution in [0.3, 0.4) is 0 Å². The fourth-order valence-corrected chi connectivity index (χ4v) is 2.31. The van der Waals surface area contributed by atoms with E-state index in [0.717, 1.165) is 10.0 Å². The van der Waals surface area contributed by atoms with E-state index in [4.69, 9.17) is 0 Å². The van der Waals surface area contributed by atoms with Crippen LogP contribution < -0.4 is 5.32 Å². The molecular formula is C16H14BrNO2. The standard InChI is InChI=1S/C16H14BrNO2/c1-10-12(7-5-8-14(10)17)16(20)18-15-9-4-3-6-13(15)11(2)19/h3-9H,1-2H3,(H,18,20). The van der Waals surface area contributed by atoms with Crippen LogP contribution >= 0.6 is 15.9 Å². The third-order valence-electron chi connectivity index (χ3n) is 3.07. The fraction of sp³-hybridized carbons (Fsp3) is 0.125. The first-order chi connectivity index (χ1) is 9.50. The minimum Gasteiger partial charge on any atom is -0.321 e. The smallest absolute Gasteiger partial charge is 0.255 e. The summed E-state index contributed by atoms with van der Waals surface area (Å²) >= 11 is 3.40. The van der Waals surface area contributed by atoms with Gasteiger partial charge in [-0.25, -0.2) is 0 Å². The lowest BCUT2D eigenvalue weighted by atomic mass is 10.1. The van der Waals surface area contributed by atoms with Gasteiger partial charge in [0.05, 0.1) is 5.69 Å². The van der Waals surface area contributed by atoms with Gasteiger partial charge >= 0.3 is 0 Å². The summed E-state index contributed by atoms with van der Waals surface area (Å²) in [5.74, 6) is -0.302. The number of Topliss-reactive ketones (excluding diaryl/α,β-unsaturated/α-hetero) is 1. The maximum Gasteiger partial charge on any atom is 0.255 e. The Balaban J connectivity index is 2.33. The molecule has 1 amide bonds. The molecular weight excluding hydrogens is 318 g/mol. The molecule has 0 radical (unpaired) electrons. The Labute approximate surface area is 126 Å². The van der Waals surface area contributed by atoms with Crippen molar-refractivity contribution in [3.63, 3.8) is 0 Å². The monoisotopic (exact) mass is 331 g/mol. The van der Waals surface area contributed by atoms with Gasteiger partial charge in [0.2, 0.25) is 0 Å². The lowest BCUT2D eigenvalue weighted by molar-refractivity contribution is 0.101. The van der Waals surface area contributed by atoms with Gasteiger partial charge < -0.3 is 5.32 Å². The Kier molecular flexibility index (Phi) is 4.35. The molecule has 0 atom stereocenters. The molecule has 2 aromatic rings. The summed E-state index contributed by atoms with van der Waals surface area (Å²) in [5.41, 5.74) is 2.49. The van der Waals surface area contributed by atoms with Gasteiger partial charge in [0.25, 0.3) is 5.91 Å². The van der Waals surface area contributed by atoms with Gasteiger partial charge in [0.15, 0.2) is 5.78 Å². The van der Waals surface area contributed by atoms with Crippen molar-refractivity contribution >= 4 is 33.3 Å². The molecule has 0 aliphatic carbocycles. The van der Waals surface area contributed by atoms with Gasteiger partial charge in [-0.15, -0.1) is 0 Å². The van der Waals surface area contributed by atoms with Crippen LogP contribution in [-0.4, -0.2) is 11.7 Å². The van der Waals surface area contributed by atoms with Crippen molar-refractivity contribution in [1.82, 2.24) is 0 Å². The molecule has 3 nitrogen and oxygen atoms in total. The van der Waals surface area contributed by atoms with Crippen LogP contribution in [0.1, 0.15) is 33.2 Å². The third kappa shape index (κ3) is 2.96. The zero-order chi connectivity index (χ0) is 14.7. The molecule has 0 fully saturated rings. The molecule has 0 saturated carbocycles. The number of ketones is 1. The third-order valence-corrected chi connectivity index (χ3v) is 3.93. The van der Waals surface area contributed by atoms with E-state index < -0.39 is 0 Å². The minimum absolute atomic E-state index is 0.0770. The molecule has 0 saturated heterocycles. The van der Waals surface area contributed by atoms with E-state index in [-0.39, 0.29) is 11.7 Å². The molecule has 1 N–H and O–H groups in total. The van der Waals surface area contributed by atoms with E-state index in [1.54, 1.807) is 30.3 Å². The Morgan fingerprint density at radius 3 is 2.35 bits per heavy atom. The van der Waals surface area contributed by atoms with Crippen LogP contribution in [0, 0.1) is 6.92 Å². The van der Waals surface area contributed by atoms with Crippen LogP contribution in [0.4, 0.5) is 5.69 Å². The van der Waals surface area contributed by atoms with E-state index in [1.165, 1.54) is 6.92 Å². The summed E-state index contributed by atoms with van der Waals surface area (Å²) in [6.07, 6.45) is 0. The number of anilines is 1. The first-order valence-corrected chi connectivity index (χ1v) is 6.96. The van der Waals surface area contributed by atoms with E-state index in [2.05, 4.69) is 21.2 Å². The number of benzene rings is 2. The van der Waals surface area contributed by atoms with Crippen molar-refractivity contribution in [3.05, 3.63) is 63.6 Å². The van der Waals surface area contributed by atoms with Crippen molar-refractivity contribution in [2.45, 2.75) is 13.8 Å². The lowest BCUT2D eigenvalue weighted by Gasteiger charge is -2.11. The molecule has 20 heavy (non-hydrogen) atoms. The van der Waals surface area contributed by atoms with Crippen LogP contribution in [0.15, 0.2) is 46.9 Å². The number of amides is 1. The highest BCUT2D eigenvalue weighted by Crippen LogP contribution is 2.22. The molecule has 0 aliphatic heterocycles. The van der Waals surface area contributed by atoms with E-state index >= 15 is 0 Å². The van der Waals surface area contributed by atoms with E-state index in [0.29, 0.717) is 16.8 Å². The van der Waals surface area contributed by atoms with Crippen LogP contribution in [0.25, 0.3) is 0 Å². The Morgan fingerprint density at radius 2 is 1.65 bits per heavy atom. The molecule has 0 aliphatic rings. The van der Waals surface area contributed by atoms with Gasteiger partial charge in [0.1, 0.15) is 0 Å². The number of hydrogen-bond acceptors (Lipinski definition) is 2. The topological polar surface area (TPSA) is 46.2 Å². The number of rotatable bonds is 3. The second kappa shape index (κ2) is 6.01. The van der Waals surface area contributed by atoms with Gasteiger partial charge in [-0.2, -0.15) is 0 Å². The van der Waals surface area contributed by atoms with Crippen molar-refractivity contribution in [2.75, 3.05) is 5.32 Å². The van der Waals surface area contributed by atoms with Crippen molar-refractivity contribution < 1.29 is 9.59 Å². The Hall–Kier alpha value is -1.94. The normalized spacial score (nSPS) is 10.2. The maximum atomic E-state index is 12.3. The number of carbonyl (C=O) groups is 2. The van der Waals surface area contributed by atoms with E-state index in [1.807, 2.05) is 19.1 Å². The number of para-hydroxylation sites is 1. The Bertz CT molecular complexity index is 680. The summed E-state index contributed by atoms with van der Waals surface area (Å²) in [7, 11) is 0. The van der Waals surface area contributed by atoms with Crippen LogP contribution in [0.5, 0.6) is 0 Å². The average molecular weight is 332 g/mol. The van der Waals surface area contributed by atoms with Gasteiger partial charge in [-0.1, -0.05) is 34.1 Å². The van der Waals surface area contributed by atoms with E-state index in [9.17, 15) is 9.59 Å². The number of halogens is 1. The lowest BCUT2D eigenvalue weighted by Crippen LogP contribution is -2.15. The summed E-state index contributed by atoms with van der Waals surface area (Å²) in [4.78, 5) is 23.9. The first-order valence-electron chi connectivity index (χ1n) is 6.17. The summed E-state index contributed by atoms with van der Waals surface area (Å²) < 4.78 is 0.880. The largest absolute Gasteiger partial charge is 0.321 e. The van der Waals surface area contributed by atoms with Crippen LogP contribution in [-0.2, 0) is 0 Å². The second-order valence-corrected chi connectivity index (χ2v) is 5.32. The second-order valence-electron chi connectivity index (χ2n) is 4.47. The molecule has 0 bridgehead atoms. The molecule has 0 spiro atoms. The summed E-state index contributed by atoms with van der Waals surface area (Å²) in [6.45, 7) is 3.35. The predicted molar refractivity (Wildman–Crippen MR) is 83.3 cm³/mol. The highest BCUT2D eigenvalue weighted by molar-refractivity contribution is 9.10. The molecule has 0 unspecified atom stereocenters. The number of nitrogens with one attached hydrogen (secondary N) is 1. The van der Waals surface area contributed by atoms with Gasteiger partial charge in [-0.05, 0) is 43.7 Å². The summed E-state index contributed by atoms with van der Waals surface area (Å²) in [6, 6.07) is 12.4. The number of hydrogen-bond donors (Lipinski definition) is 1. The maximum absolute atomic E-state index is 12.3. The van der Waals surface area contributed by atoms with Gasteiger partial charge in [-0.3, -0.25) is 9.59 Å². The molecule has 4 heteroatoms. The quantitative estimate of drug-likeness (QED) is 0.856. The highest BCUT2D eigenvalue weighted by Gasteiger charge is 2.13. The average Bonchev–Trinajstić information content (AvgIpc) is 2.42. The molecule has 102 valence electrons. The highest BCUT2D eigenvalue weighted by atomic mass is 79.9. The first kappa shape index (κ1) is 14.5. The fourth-order valence-electron chi connectivity index (χ4n) is 1.94. The van der Waals surface area contributed by atoms with Gasteiger partial charge in [0, 0.05) is 15.6 Å². The van der Waals surface area contributed by atoms with Crippen molar-refractivity contribution in [1.29, 1.82) is 0 Å². The zero-order valence-corrected chi connectivity index (χ0v) is 12.8. The summed E-state index contributed by atoms with van der Waals surface area (Å²) in [5, 5.41) is 2.80. The Morgan fingerprint density at radius 1 is 1.00 bits per heavy atom. The predicted octanol–water partition coefficient (Wildman–Crippen LogP) is 4.21. The molecule has 0 aromatic heterocycles. The van der Waals surface area contributed by atoms with Crippen molar-refractivity contribution in [3.8, 4) is 0 Å². The van der Waals surface area contributed by atoms with Crippen LogP contribution in [0.2, 0.25) is 0 Å². The number of carbonyl (C=O) groups excluding carboxylic acids is 2. The minimum atomic E-state index is -0.225. The molecule has 0 heterocycles. The zero-order valence-electron chi connectivity index (χ0n) is 11.2. The molecule has 2 rings (SSSR count). The molecule has 2 aromatic carbocycles. The van der Waals surface area contributed by atoms with Crippen molar-refractivity contribution in [2.24, 2.45) is 0 Å².